The van der Waals surface area contributed by atoms with Gasteiger partial charge in [0.25, 0.3) is 0 Å². The van der Waals surface area contributed by atoms with E-state index in [1.807, 2.05) is 24.3 Å². The summed E-state index contributed by atoms with van der Waals surface area (Å²) in [6.45, 7) is 1.66. The lowest BCUT2D eigenvalue weighted by molar-refractivity contribution is 0.193. The molecule has 1 aliphatic rings. The number of benzene rings is 1. The molecule has 0 saturated heterocycles. The Morgan fingerprint density at radius 2 is 2.16 bits per heavy atom. The lowest BCUT2D eigenvalue weighted by Crippen LogP contribution is -2.32. The fraction of sp³-hybridized carbons (Fsp3) is 0.533. The standard InChI is InChI=1S/C15H22N2OS/c1-17(13-6-2-3-7-13)9-10-18-14-8-4-5-12(11-14)15(16)19/h4-5,8,11,13H,2-3,6-7,9-10H2,1H3,(H2,16,19). The highest BCUT2D eigenvalue weighted by Crippen LogP contribution is 2.22. The summed E-state index contributed by atoms with van der Waals surface area (Å²) < 4.78 is 5.77. The Bertz CT molecular complexity index is 430. The van der Waals surface area contributed by atoms with E-state index < -0.39 is 0 Å². The van der Waals surface area contributed by atoms with Crippen molar-refractivity contribution in [2.45, 2.75) is 31.7 Å². The summed E-state index contributed by atoms with van der Waals surface area (Å²) in [6, 6.07) is 8.41. The monoisotopic (exact) mass is 278 g/mol. The van der Waals surface area contributed by atoms with Crippen molar-refractivity contribution in [3.63, 3.8) is 0 Å². The second kappa shape index (κ2) is 6.87. The number of thiocarbonyl (C=S) groups is 1. The van der Waals surface area contributed by atoms with Crippen LogP contribution in [-0.4, -0.2) is 36.1 Å². The van der Waals surface area contributed by atoms with Crippen LogP contribution in [-0.2, 0) is 0 Å². The van der Waals surface area contributed by atoms with Gasteiger partial charge in [0.2, 0.25) is 0 Å². The quantitative estimate of drug-likeness (QED) is 0.812. The molecule has 2 N–H and O–H groups in total. The van der Waals surface area contributed by atoms with E-state index in [1.54, 1.807) is 0 Å². The molecule has 4 heteroatoms. The Hall–Kier alpha value is -1.13. The first kappa shape index (κ1) is 14.3. The second-order valence-electron chi connectivity index (χ2n) is 5.16. The van der Waals surface area contributed by atoms with Gasteiger partial charge in [-0.3, -0.25) is 0 Å². The Labute approximate surface area is 120 Å². The van der Waals surface area contributed by atoms with Crippen LogP contribution in [0.15, 0.2) is 24.3 Å². The SMILES string of the molecule is CN(CCOc1cccc(C(N)=S)c1)C1CCCC1. The van der Waals surface area contributed by atoms with Gasteiger partial charge < -0.3 is 15.4 Å². The minimum absolute atomic E-state index is 0.411. The molecule has 19 heavy (non-hydrogen) atoms. The van der Waals surface area contributed by atoms with Gasteiger partial charge in [0.05, 0.1) is 0 Å². The van der Waals surface area contributed by atoms with Crippen LogP contribution in [0.3, 0.4) is 0 Å². The fourth-order valence-electron chi connectivity index (χ4n) is 2.57. The minimum Gasteiger partial charge on any atom is -0.492 e. The molecule has 3 nitrogen and oxygen atoms in total. The van der Waals surface area contributed by atoms with E-state index in [9.17, 15) is 0 Å². The van der Waals surface area contributed by atoms with Crippen molar-refractivity contribution < 1.29 is 4.74 Å². The maximum atomic E-state index is 5.77. The van der Waals surface area contributed by atoms with E-state index in [2.05, 4.69) is 11.9 Å². The van der Waals surface area contributed by atoms with E-state index in [4.69, 9.17) is 22.7 Å². The predicted octanol–water partition coefficient (Wildman–Crippen LogP) is 2.57. The zero-order valence-electron chi connectivity index (χ0n) is 11.5. The lowest BCUT2D eigenvalue weighted by atomic mass is 10.2. The summed E-state index contributed by atoms with van der Waals surface area (Å²) in [5.74, 6) is 0.838. The molecule has 0 amide bonds. The van der Waals surface area contributed by atoms with Crippen molar-refractivity contribution in [2.75, 3.05) is 20.2 Å². The molecule has 1 aliphatic carbocycles. The smallest absolute Gasteiger partial charge is 0.120 e. The van der Waals surface area contributed by atoms with E-state index in [0.717, 1.165) is 23.9 Å². The van der Waals surface area contributed by atoms with Gasteiger partial charge in [-0.2, -0.15) is 0 Å². The van der Waals surface area contributed by atoms with Gasteiger partial charge in [-0.15, -0.1) is 0 Å². The number of hydrogen-bond donors (Lipinski definition) is 1. The Morgan fingerprint density at radius 3 is 2.84 bits per heavy atom. The van der Waals surface area contributed by atoms with E-state index >= 15 is 0 Å². The molecule has 104 valence electrons. The maximum absolute atomic E-state index is 5.77. The molecular weight excluding hydrogens is 256 g/mol. The van der Waals surface area contributed by atoms with Crippen molar-refractivity contribution in [2.24, 2.45) is 5.73 Å². The first-order chi connectivity index (χ1) is 9.16. The summed E-state index contributed by atoms with van der Waals surface area (Å²) in [7, 11) is 2.19. The van der Waals surface area contributed by atoms with Gasteiger partial charge in [0.15, 0.2) is 0 Å². The van der Waals surface area contributed by atoms with Crippen molar-refractivity contribution in [1.29, 1.82) is 0 Å². The normalized spacial score (nSPS) is 15.9. The summed E-state index contributed by atoms with van der Waals surface area (Å²) in [5.41, 5.74) is 6.47. The summed E-state index contributed by atoms with van der Waals surface area (Å²) in [5, 5.41) is 0. The molecule has 0 atom stereocenters. The van der Waals surface area contributed by atoms with Crippen LogP contribution in [0.1, 0.15) is 31.2 Å². The number of hydrogen-bond acceptors (Lipinski definition) is 3. The minimum atomic E-state index is 0.411. The maximum Gasteiger partial charge on any atom is 0.120 e. The first-order valence-corrected chi connectivity index (χ1v) is 7.30. The van der Waals surface area contributed by atoms with Crippen molar-refractivity contribution >= 4 is 17.2 Å². The third kappa shape index (κ3) is 4.18. The highest BCUT2D eigenvalue weighted by molar-refractivity contribution is 7.80. The average molecular weight is 278 g/mol. The molecule has 1 fully saturated rings. The largest absolute Gasteiger partial charge is 0.492 e. The van der Waals surface area contributed by atoms with E-state index in [-0.39, 0.29) is 0 Å². The highest BCUT2D eigenvalue weighted by atomic mass is 32.1. The van der Waals surface area contributed by atoms with Gasteiger partial charge in [-0.1, -0.05) is 37.2 Å². The Morgan fingerprint density at radius 1 is 1.42 bits per heavy atom. The highest BCUT2D eigenvalue weighted by Gasteiger charge is 2.18. The van der Waals surface area contributed by atoms with Gasteiger partial charge in [0, 0.05) is 18.2 Å². The zero-order chi connectivity index (χ0) is 13.7. The molecule has 0 aromatic heterocycles. The van der Waals surface area contributed by atoms with Gasteiger partial charge in [0.1, 0.15) is 17.3 Å². The van der Waals surface area contributed by atoms with Crippen molar-refractivity contribution in [3.8, 4) is 5.75 Å². The molecule has 0 bridgehead atoms. The van der Waals surface area contributed by atoms with Gasteiger partial charge in [-0.25, -0.2) is 0 Å². The molecule has 0 spiro atoms. The number of nitrogens with zero attached hydrogens (tertiary/aromatic N) is 1. The number of ether oxygens (including phenoxy) is 1. The molecule has 2 rings (SSSR count). The molecule has 0 heterocycles. The van der Waals surface area contributed by atoms with Crippen LogP contribution < -0.4 is 10.5 Å². The topological polar surface area (TPSA) is 38.5 Å². The van der Waals surface area contributed by atoms with Gasteiger partial charge in [-0.05, 0) is 32.0 Å². The van der Waals surface area contributed by atoms with Crippen LogP contribution in [0.4, 0.5) is 0 Å². The Kier molecular flexibility index (Phi) is 5.16. The predicted molar refractivity (Wildman–Crippen MR) is 82.7 cm³/mol. The molecule has 0 radical (unpaired) electrons. The number of nitrogens with two attached hydrogens (primary N) is 1. The first-order valence-electron chi connectivity index (χ1n) is 6.90. The van der Waals surface area contributed by atoms with Gasteiger partial charge >= 0.3 is 0 Å². The number of likely N-dealkylation sites (N-methyl/N-ethyl adjacent to an activating group) is 1. The molecule has 1 saturated carbocycles. The molecule has 1 aromatic rings. The lowest BCUT2D eigenvalue weighted by Gasteiger charge is -2.23. The average Bonchev–Trinajstić information content (AvgIpc) is 2.93. The summed E-state index contributed by atoms with van der Waals surface area (Å²) in [4.78, 5) is 2.82. The van der Waals surface area contributed by atoms with Crippen LogP contribution in [0.5, 0.6) is 5.75 Å². The molecule has 1 aromatic carbocycles. The van der Waals surface area contributed by atoms with Crippen LogP contribution in [0.25, 0.3) is 0 Å². The van der Waals surface area contributed by atoms with Crippen LogP contribution in [0, 0.1) is 0 Å². The fourth-order valence-corrected chi connectivity index (χ4v) is 2.70. The van der Waals surface area contributed by atoms with Crippen molar-refractivity contribution in [1.82, 2.24) is 4.90 Å². The Balaban J connectivity index is 1.78. The molecular formula is C15H22N2OS. The molecule has 0 aliphatic heterocycles. The second-order valence-corrected chi connectivity index (χ2v) is 5.60. The zero-order valence-corrected chi connectivity index (χ0v) is 12.3. The van der Waals surface area contributed by atoms with E-state index in [1.165, 1.54) is 25.7 Å². The third-order valence-electron chi connectivity index (χ3n) is 3.78. The van der Waals surface area contributed by atoms with E-state index in [0.29, 0.717) is 11.6 Å². The van der Waals surface area contributed by atoms with Crippen molar-refractivity contribution in [3.05, 3.63) is 29.8 Å². The van der Waals surface area contributed by atoms with Crippen LogP contribution >= 0.6 is 12.2 Å². The molecule has 0 unspecified atom stereocenters. The van der Waals surface area contributed by atoms with Crippen LogP contribution in [0.2, 0.25) is 0 Å². The summed E-state index contributed by atoms with van der Waals surface area (Å²) >= 11 is 4.96. The third-order valence-corrected chi connectivity index (χ3v) is 4.02. The number of rotatable bonds is 6. The summed E-state index contributed by atoms with van der Waals surface area (Å²) in [6.07, 6.45) is 5.39.